The number of fused-ring (bicyclic) bond motifs is 1. The van der Waals surface area contributed by atoms with Gasteiger partial charge in [-0.3, -0.25) is 24.7 Å². The van der Waals surface area contributed by atoms with Crippen molar-refractivity contribution in [2.24, 2.45) is 0 Å². The fourth-order valence-corrected chi connectivity index (χ4v) is 0.958. The topological polar surface area (TPSA) is 114 Å². The van der Waals surface area contributed by atoms with Crippen LogP contribution < -0.4 is 16.9 Å². The summed E-state index contributed by atoms with van der Waals surface area (Å²) in [5.74, 6) is 0. The SMILES string of the molecule is O=c1[nH]c(=O)c2[nH]c(=O)[nH]c2[nH]1.[KH].[KH]. The molecule has 0 aliphatic heterocycles. The van der Waals surface area contributed by atoms with Gasteiger partial charge in [-0.1, -0.05) is 0 Å². The summed E-state index contributed by atoms with van der Waals surface area (Å²) in [7, 11) is 0. The van der Waals surface area contributed by atoms with E-state index in [0.717, 1.165) is 0 Å². The predicted octanol–water partition coefficient (Wildman–Crippen LogP) is -3.06. The van der Waals surface area contributed by atoms with Gasteiger partial charge in [-0.25, -0.2) is 9.59 Å². The summed E-state index contributed by atoms with van der Waals surface area (Å²) in [4.78, 5) is 41.0. The molecule has 9 heteroatoms. The van der Waals surface area contributed by atoms with Crippen molar-refractivity contribution < 1.29 is 0 Å². The van der Waals surface area contributed by atoms with Crippen molar-refractivity contribution >= 4 is 114 Å². The molecule has 2 aromatic heterocycles. The molecule has 4 N–H and O–H groups in total. The molecule has 66 valence electrons. The molecule has 2 heterocycles. The van der Waals surface area contributed by atoms with Crippen LogP contribution in [0.5, 0.6) is 0 Å². The molecule has 2 rings (SSSR count). The molecule has 0 aliphatic rings. The molecular formula is C5H6K2N4O3. The van der Waals surface area contributed by atoms with Gasteiger partial charge in [0.2, 0.25) is 0 Å². The van der Waals surface area contributed by atoms with E-state index in [0.29, 0.717) is 0 Å². The zero-order valence-electron chi connectivity index (χ0n) is 5.72. The number of rotatable bonds is 0. The molecule has 0 saturated carbocycles. The minimum atomic E-state index is -0.650. The number of hydrogen-bond acceptors (Lipinski definition) is 3. The predicted molar refractivity (Wildman–Crippen MR) is 54.5 cm³/mol. The molecule has 0 aromatic carbocycles. The van der Waals surface area contributed by atoms with Crippen molar-refractivity contribution in [3.63, 3.8) is 0 Å². The zero-order valence-corrected chi connectivity index (χ0v) is 5.72. The molecule has 0 unspecified atom stereocenters. The normalized spacial score (nSPS) is 9.14. The molecule has 7 nitrogen and oxygen atoms in total. The molecule has 14 heavy (non-hydrogen) atoms. The van der Waals surface area contributed by atoms with Crippen molar-refractivity contribution in [2.45, 2.75) is 0 Å². The number of aromatic nitrogens is 4. The van der Waals surface area contributed by atoms with Crippen molar-refractivity contribution in [3.8, 4) is 0 Å². The molecule has 0 spiro atoms. The van der Waals surface area contributed by atoms with Crippen molar-refractivity contribution in [1.82, 2.24) is 19.9 Å². The fourth-order valence-electron chi connectivity index (χ4n) is 0.958. The van der Waals surface area contributed by atoms with Crippen LogP contribution >= 0.6 is 0 Å². The minimum absolute atomic E-state index is 0. The summed E-state index contributed by atoms with van der Waals surface area (Å²) < 4.78 is 0. The second-order valence-corrected chi connectivity index (χ2v) is 2.24. The Bertz CT molecular complexity index is 591. The van der Waals surface area contributed by atoms with Gasteiger partial charge in [-0.2, -0.15) is 0 Å². The first kappa shape index (κ1) is 15.2. The van der Waals surface area contributed by atoms with Gasteiger partial charge >= 0.3 is 114 Å². The van der Waals surface area contributed by atoms with Crippen LogP contribution in [0.3, 0.4) is 0 Å². The van der Waals surface area contributed by atoms with Gasteiger partial charge in [-0.05, 0) is 0 Å². The Kier molecular flexibility index (Phi) is 6.61. The van der Waals surface area contributed by atoms with Crippen LogP contribution in [0.15, 0.2) is 14.4 Å². The van der Waals surface area contributed by atoms with E-state index in [-0.39, 0.29) is 114 Å². The fraction of sp³-hybridized carbons (Fsp3) is 0. The molecule has 0 bridgehead atoms. The Balaban J connectivity index is 0.000000845. The van der Waals surface area contributed by atoms with Crippen LogP contribution in [-0.4, -0.2) is 123 Å². The number of hydrogen-bond donors (Lipinski definition) is 4. The van der Waals surface area contributed by atoms with E-state index < -0.39 is 16.9 Å². The maximum absolute atomic E-state index is 10.9. The van der Waals surface area contributed by atoms with E-state index in [2.05, 4.69) is 15.0 Å². The summed E-state index contributed by atoms with van der Waals surface area (Å²) >= 11 is 0. The maximum atomic E-state index is 10.9. The second kappa shape index (κ2) is 6.08. The first-order chi connectivity index (χ1) is 5.66. The van der Waals surface area contributed by atoms with Gasteiger partial charge in [0.25, 0.3) is 5.56 Å². The summed E-state index contributed by atoms with van der Waals surface area (Å²) in [6, 6.07) is 0. The average molecular weight is 248 g/mol. The summed E-state index contributed by atoms with van der Waals surface area (Å²) in [6.45, 7) is 0. The van der Waals surface area contributed by atoms with Crippen LogP contribution in [0.1, 0.15) is 0 Å². The number of aromatic amines is 4. The van der Waals surface area contributed by atoms with E-state index in [1.807, 2.05) is 4.98 Å². The van der Waals surface area contributed by atoms with E-state index in [1.54, 1.807) is 0 Å². The first-order valence-corrected chi connectivity index (χ1v) is 3.11. The molecule has 0 atom stereocenters. The van der Waals surface area contributed by atoms with Gasteiger partial charge in [-0.15, -0.1) is 0 Å². The van der Waals surface area contributed by atoms with Crippen LogP contribution in [0, 0.1) is 0 Å². The van der Waals surface area contributed by atoms with E-state index in [1.165, 1.54) is 0 Å². The Labute approximate surface area is 161 Å². The molecule has 0 saturated heterocycles. The average Bonchev–Trinajstić information content (AvgIpc) is 2.29. The Morgan fingerprint density at radius 1 is 0.714 bits per heavy atom. The molecule has 0 aliphatic carbocycles. The number of nitrogens with one attached hydrogen (secondary N) is 4. The van der Waals surface area contributed by atoms with E-state index in [9.17, 15) is 14.4 Å². The summed E-state index contributed by atoms with van der Waals surface area (Å²) in [5.41, 5.74) is -1.65. The molecule has 2 aromatic rings. The summed E-state index contributed by atoms with van der Waals surface area (Å²) in [5, 5.41) is 0. The van der Waals surface area contributed by atoms with Gasteiger partial charge in [0.1, 0.15) is 11.2 Å². The van der Waals surface area contributed by atoms with E-state index >= 15 is 0 Å². The first-order valence-electron chi connectivity index (χ1n) is 3.11. The van der Waals surface area contributed by atoms with Crippen LogP contribution in [0.4, 0.5) is 0 Å². The molecule has 0 amide bonds. The van der Waals surface area contributed by atoms with Gasteiger partial charge in [0.15, 0.2) is 0 Å². The number of imidazole rings is 1. The quantitative estimate of drug-likeness (QED) is 0.371. The van der Waals surface area contributed by atoms with Gasteiger partial charge in [0.05, 0.1) is 0 Å². The monoisotopic (exact) mass is 248 g/mol. The van der Waals surface area contributed by atoms with Gasteiger partial charge < -0.3 is 0 Å². The van der Waals surface area contributed by atoms with Crippen molar-refractivity contribution in [2.75, 3.05) is 0 Å². The standard InChI is InChI=1S/C5H4N4O3.2K.2H/c10-3-1-2(7-4(11)6-1)8-5(12)9-3;;;;/h(H4,6,7,8,9,10,11,12);;;;. The third-order valence-electron chi connectivity index (χ3n) is 1.42. The summed E-state index contributed by atoms with van der Waals surface area (Å²) in [6.07, 6.45) is 0. The Morgan fingerprint density at radius 2 is 1.21 bits per heavy atom. The van der Waals surface area contributed by atoms with Crippen molar-refractivity contribution in [3.05, 3.63) is 31.3 Å². The Hall–Kier alpha value is 1.22. The Morgan fingerprint density at radius 3 is 1.79 bits per heavy atom. The van der Waals surface area contributed by atoms with Crippen LogP contribution in [-0.2, 0) is 0 Å². The number of H-pyrrole nitrogens is 4. The molecule has 0 radical (unpaired) electrons. The zero-order chi connectivity index (χ0) is 8.72. The third-order valence-corrected chi connectivity index (χ3v) is 1.42. The van der Waals surface area contributed by atoms with Crippen LogP contribution in [0.25, 0.3) is 11.2 Å². The van der Waals surface area contributed by atoms with E-state index in [4.69, 9.17) is 0 Å². The third kappa shape index (κ3) is 3.11. The van der Waals surface area contributed by atoms with Gasteiger partial charge in [0, 0.05) is 0 Å². The van der Waals surface area contributed by atoms with Crippen LogP contribution in [0.2, 0.25) is 0 Å². The molecular weight excluding hydrogens is 242 g/mol. The van der Waals surface area contributed by atoms with Crippen molar-refractivity contribution in [1.29, 1.82) is 0 Å². The second-order valence-electron chi connectivity index (χ2n) is 2.24. The molecule has 0 fully saturated rings.